The van der Waals surface area contributed by atoms with Crippen LogP contribution in [0.1, 0.15) is 55.9 Å². The van der Waals surface area contributed by atoms with Crippen LogP contribution in [0.5, 0.6) is 0 Å². The molecule has 1 unspecified atom stereocenters. The van der Waals surface area contributed by atoms with Gasteiger partial charge in [0.05, 0.1) is 17.6 Å². The Kier molecular flexibility index (Phi) is 5.98. The maximum atomic E-state index is 14.1. The molecule has 0 aliphatic carbocycles. The van der Waals surface area contributed by atoms with Crippen LogP contribution >= 0.6 is 0 Å². The lowest BCUT2D eigenvalue weighted by atomic mass is 9.73. The van der Waals surface area contributed by atoms with Crippen molar-refractivity contribution in [3.8, 4) is 17.2 Å². The van der Waals surface area contributed by atoms with E-state index in [4.69, 9.17) is 10.7 Å². The summed E-state index contributed by atoms with van der Waals surface area (Å²) in [5, 5.41) is 9.26. The molecule has 5 nitrogen and oxygen atoms in total. The Hall–Kier alpha value is -3.98. The highest BCUT2D eigenvalue weighted by atomic mass is 19.1. The van der Waals surface area contributed by atoms with E-state index in [1.165, 1.54) is 22.6 Å². The summed E-state index contributed by atoms with van der Waals surface area (Å²) in [4.78, 5) is 19.8. The van der Waals surface area contributed by atoms with Crippen LogP contribution in [0.3, 0.4) is 0 Å². The van der Waals surface area contributed by atoms with Gasteiger partial charge >= 0.3 is 0 Å². The molecule has 6 heteroatoms. The summed E-state index contributed by atoms with van der Waals surface area (Å²) in [6.45, 7) is 8.34. The number of carbonyl (C=O) groups excluding carboxylic acids is 1. The Balaban J connectivity index is 1.86. The fraction of sp³-hybridized carbons (Fsp3) is 0.276. The van der Waals surface area contributed by atoms with Crippen LogP contribution < -0.4 is 5.73 Å². The zero-order valence-electron chi connectivity index (χ0n) is 20.6. The lowest BCUT2D eigenvalue weighted by molar-refractivity contribution is -0.130. The third kappa shape index (κ3) is 4.42. The van der Waals surface area contributed by atoms with Crippen molar-refractivity contribution >= 4 is 11.9 Å². The number of amides is 1. The first-order chi connectivity index (χ1) is 16.4. The summed E-state index contributed by atoms with van der Waals surface area (Å²) in [5.74, 6) is -1.09. The highest BCUT2D eigenvalue weighted by Crippen LogP contribution is 2.45. The van der Waals surface area contributed by atoms with Gasteiger partial charge in [0.25, 0.3) is 0 Å². The average molecular weight is 469 g/mol. The minimum atomic E-state index is -0.988. The Morgan fingerprint density at radius 1 is 1.06 bits per heavy atom. The lowest BCUT2D eigenvalue weighted by Crippen LogP contribution is -2.52. The van der Waals surface area contributed by atoms with Crippen LogP contribution in [0, 0.1) is 17.1 Å². The second-order valence-corrected chi connectivity index (χ2v) is 10.2. The van der Waals surface area contributed by atoms with Crippen LogP contribution in [-0.2, 0) is 15.7 Å². The Labute approximate surface area is 205 Å². The first kappa shape index (κ1) is 24.2. The van der Waals surface area contributed by atoms with E-state index in [9.17, 15) is 14.4 Å². The number of nitriles is 1. The molecule has 0 spiro atoms. The van der Waals surface area contributed by atoms with E-state index in [1.54, 1.807) is 13.1 Å². The Morgan fingerprint density at radius 2 is 1.74 bits per heavy atom. The summed E-state index contributed by atoms with van der Waals surface area (Å²) in [6, 6.07) is 21.8. The third-order valence-corrected chi connectivity index (χ3v) is 6.75. The van der Waals surface area contributed by atoms with Crippen molar-refractivity contribution in [3.05, 3.63) is 94.8 Å². The molecular formula is C29H29FN4O. The number of nitrogens with zero attached hydrogens (tertiary/aromatic N) is 3. The number of carbonyl (C=O) groups is 1. The van der Waals surface area contributed by atoms with Gasteiger partial charge in [-0.05, 0) is 64.4 Å². The van der Waals surface area contributed by atoms with Crippen molar-refractivity contribution in [1.82, 2.24) is 4.90 Å². The minimum Gasteiger partial charge on any atom is -0.369 e. The second-order valence-electron chi connectivity index (χ2n) is 10.2. The lowest BCUT2D eigenvalue weighted by Gasteiger charge is -2.41. The van der Waals surface area contributed by atoms with Crippen molar-refractivity contribution in [2.24, 2.45) is 10.7 Å². The topological polar surface area (TPSA) is 82.5 Å². The summed E-state index contributed by atoms with van der Waals surface area (Å²) in [7, 11) is 1.63. The van der Waals surface area contributed by atoms with Crippen molar-refractivity contribution in [3.63, 3.8) is 0 Å². The molecule has 0 bridgehead atoms. The largest absolute Gasteiger partial charge is 0.369 e. The van der Waals surface area contributed by atoms with Gasteiger partial charge < -0.3 is 5.73 Å². The number of benzene rings is 3. The van der Waals surface area contributed by atoms with E-state index >= 15 is 0 Å². The van der Waals surface area contributed by atoms with Crippen molar-refractivity contribution in [2.45, 2.75) is 44.6 Å². The number of nitrogens with two attached hydrogens (primary N) is 1. The third-order valence-electron chi connectivity index (χ3n) is 6.75. The molecule has 0 aromatic heterocycles. The van der Waals surface area contributed by atoms with E-state index in [2.05, 4.69) is 32.9 Å². The Morgan fingerprint density at radius 3 is 2.37 bits per heavy atom. The smallest absolute Gasteiger partial charge is 0.239 e. The van der Waals surface area contributed by atoms with E-state index in [-0.39, 0.29) is 22.8 Å². The Bertz CT molecular complexity index is 1360. The van der Waals surface area contributed by atoms with Crippen LogP contribution in [0.2, 0.25) is 0 Å². The molecule has 4 rings (SSSR count). The molecule has 1 heterocycles. The zero-order chi connectivity index (χ0) is 25.5. The maximum absolute atomic E-state index is 14.1. The van der Waals surface area contributed by atoms with Gasteiger partial charge in [-0.15, -0.1) is 0 Å². The average Bonchev–Trinajstić information content (AvgIpc) is 2.82. The first-order valence-corrected chi connectivity index (χ1v) is 11.5. The molecule has 1 amide bonds. The number of aliphatic imine (C=N–C) groups is 1. The normalized spacial score (nSPS) is 20.4. The molecule has 1 aliphatic rings. The minimum absolute atomic E-state index is 0.0145. The molecule has 0 fully saturated rings. The predicted molar refractivity (Wildman–Crippen MR) is 136 cm³/mol. The van der Waals surface area contributed by atoms with Crippen molar-refractivity contribution in [1.29, 1.82) is 5.26 Å². The maximum Gasteiger partial charge on any atom is 0.239 e. The molecule has 0 saturated carbocycles. The number of rotatable bonds is 3. The van der Waals surface area contributed by atoms with E-state index in [0.717, 1.165) is 16.7 Å². The summed E-state index contributed by atoms with van der Waals surface area (Å²) < 4.78 is 14.1. The number of halogens is 1. The fourth-order valence-electron chi connectivity index (χ4n) is 4.63. The quantitative estimate of drug-likeness (QED) is 0.555. The van der Waals surface area contributed by atoms with E-state index in [0.29, 0.717) is 5.56 Å². The fourth-order valence-corrected chi connectivity index (χ4v) is 4.63. The second kappa shape index (κ2) is 8.66. The van der Waals surface area contributed by atoms with Crippen molar-refractivity contribution in [2.75, 3.05) is 7.05 Å². The molecule has 35 heavy (non-hydrogen) atoms. The molecule has 2 N–H and O–H groups in total. The summed E-state index contributed by atoms with van der Waals surface area (Å²) >= 11 is 0. The molecule has 2 atom stereocenters. The van der Waals surface area contributed by atoms with Gasteiger partial charge in [0, 0.05) is 7.05 Å². The monoisotopic (exact) mass is 468 g/mol. The number of hydrogen-bond donors (Lipinski definition) is 1. The molecule has 0 saturated heterocycles. The van der Waals surface area contributed by atoms with E-state index in [1.807, 2.05) is 49.4 Å². The molecule has 178 valence electrons. The molecular weight excluding hydrogens is 439 g/mol. The number of likely N-dealkylation sites (N-methyl/N-ethyl adjacent to an activating group) is 1. The number of guanidine groups is 1. The van der Waals surface area contributed by atoms with Gasteiger partial charge in [-0.1, -0.05) is 63.2 Å². The SMILES string of the molecule is CN1C(=O)[C@H](c2ccc(C(C)(C)C)cc2)C(C)(c2cccc(-c3cc(F)cc(C#N)c3)c2)N=C1N. The predicted octanol–water partition coefficient (Wildman–Crippen LogP) is 5.45. The van der Waals surface area contributed by atoms with Crippen molar-refractivity contribution < 1.29 is 9.18 Å². The van der Waals surface area contributed by atoms with Gasteiger partial charge in [0.2, 0.25) is 5.91 Å². The van der Waals surface area contributed by atoms with Gasteiger partial charge in [0.15, 0.2) is 5.96 Å². The highest BCUT2D eigenvalue weighted by Gasteiger charge is 2.47. The van der Waals surface area contributed by atoms with Gasteiger partial charge in [-0.3, -0.25) is 9.69 Å². The molecule has 1 aliphatic heterocycles. The van der Waals surface area contributed by atoms with Gasteiger partial charge in [-0.2, -0.15) is 5.26 Å². The highest BCUT2D eigenvalue weighted by molar-refractivity contribution is 6.02. The van der Waals surface area contributed by atoms with E-state index < -0.39 is 17.3 Å². The van der Waals surface area contributed by atoms with Crippen LogP contribution in [0.15, 0.2) is 71.7 Å². The van der Waals surface area contributed by atoms with Crippen LogP contribution in [0.25, 0.3) is 11.1 Å². The summed E-state index contributed by atoms with van der Waals surface area (Å²) in [5.41, 5.74) is 9.50. The zero-order valence-corrected chi connectivity index (χ0v) is 20.6. The van der Waals surface area contributed by atoms with Crippen LogP contribution in [-0.4, -0.2) is 23.8 Å². The molecule has 3 aromatic rings. The standard InChI is InChI=1S/C29H29FN4O/c1-28(2,3)22-11-9-19(10-12-22)25-26(35)34(5)27(32)33-29(25,4)23-8-6-7-20(15-23)21-13-18(17-31)14-24(30)16-21/h6-16,25H,1-5H3,(H2,32,33)/t25-,29?/m0/s1. The molecule has 3 aromatic carbocycles. The number of hydrogen-bond acceptors (Lipinski definition) is 4. The summed E-state index contributed by atoms with van der Waals surface area (Å²) in [6.07, 6.45) is 0. The van der Waals surface area contributed by atoms with Gasteiger partial charge in [-0.25, -0.2) is 9.38 Å². The van der Waals surface area contributed by atoms with Gasteiger partial charge in [0.1, 0.15) is 11.4 Å². The van der Waals surface area contributed by atoms with Crippen LogP contribution in [0.4, 0.5) is 4.39 Å². The molecule has 0 radical (unpaired) electrons. The first-order valence-electron chi connectivity index (χ1n) is 11.5.